The van der Waals surface area contributed by atoms with Crippen molar-refractivity contribution in [1.29, 1.82) is 0 Å². The number of H-pyrrole nitrogens is 1. The van der Waals surface area contributed by atoms with Gasteiger partial charge in [0.1, 0.15) is 11.3 Å². The Morgan fingerprint density at radius 3 is 2.00 bits per heavy atom. The number of amides is 1. The molecule has 37 heavy (non-hydrogen) atoms. The standard InChI is InChI=1S/C30H27N3O4/c1-19-25(31-28(36)37-30(17-18-30)24-5-3-2-4-6-24)26(33-32-19)22-9-7-20(8-10-22)21-11-13-23(14-12-21)29(15-16-29)27(34)35/h2-14H,15-18H2,1H3,(H,31,36)(H,32,33)(H,34,35). The first kappa shape index (κ1) is 23.0. The molecule has 0 bridgehead atoms. The first-order valence-corrected chi connectivity index (χ1v) is 12.5. The number of carboxylic acids is 1. The van der Waals surface area contributed by atoms with Gasteiger partial charge in [0.25, 0.3) is 0 Å². The molecule has 7 heteroatoms. The van der Waals surface area contributed by atoms with E-state index < -0.39 is 23.1 Å². The smallest absolute Gasteiger partial charge is 0.412 e. The Labute approximate surface area is 214 Å². The predicted octanol–water partition coefficient (Wildman–Crippen LogP) is 6.41. The molecular weight excluding hydrogens is 466 g/mol. The van der Waals surface area contributed by atoms with E-state index in [4.69, 9.17) is 4.74 Å². The number of aryl methyl sites for hydroxylation is 1. The lowest BCUT2D eigenvalue weighted by atomic mass is 9.93. The Kier molecular flexibility index (Phi) is 5.37. The van der Waals surface area contributed by atoms with Gasteiger partial charge in [0, 0.05) is 5.56 Å². The van der Waals surface area contributed by atoms with Crippen LogP contribution in [0.4, 0.5) is 10.5 Å². The number of aromatic nitrogens is 2. The van der Waals surface area contributed by atoms with Crippen molar-refractivity contribution in [1.82, 2.24) is 10.2 Å². The van der Waals surface area contributed by atoms with Gasteiger partial charge in [-0.2, -0.15) is 5.10 Å². The second-order valence-electron chi connectivity index (χ2n) is 9.99. The van der Waals surface area contributed by atoms with Gasteiger partial charge in [0.15, 0.2) is 0 Å². The molecule has 186 valence electrons. The van der Waals surface area contributed by atoms with Gasteiger partial charge in [-0.15, -0.1) is 0 Å². The number of carboxylic acid groups (broad SMARTS) is 1. The lowest BCUT2D eigenvalue weighted by molar-refractivity contribution is -0.140. The molecule has 7 nitrogen and oxygen atoms in total. The van der Waals surface area contributed by atoms with E-state index in [-0.39, 0.29) is 0 Å². The molecule has 2 saturated carbocycles. The maximum Gasteiger partial charge on any atom is 0.412 e. The molecule has 0 aliphatic heterocycles. The zero-order valence-corrected chi connectivity index (χ0v) is 20.5. The molecule has 3 N–H and O–H groups in total. The van der Waals surface area contributed by atoms with Crippen LogP contribution >= 0.6 is 0 Å². The monoisotopic (exact) mass is 493 g/mol. The molecule has 2 aliphatic rings. The van der Waals surface area contributed by atoms with Gasteiger partial charge >= 0.3 is 12.1 Å². The maximum atomic E-state index is 12.8. The molecule has 0 saturated heterocycles. The molecule has 4 aromatic rings. The predicted molar refractivity (Wildman–Crippen MR) is 140 cm³/mol. The van der Waals surface area contributed by atoms with Crippen LogP contribution < -0.4 is 5.32 Å². The van der Waals surface area contributed by atoms with Crippen LogP contribution in [0.3, 0.4) is 0 Å². The van der Waals surface area contributed by atoms with E-state index in [2.05, 4.69) is 15.5 Å². The zero-order chi connectivity index (χ0) is 25.6. The number of rotatable bonds is 7. The molecule has 2 aliphatic carbocycles. The van der Waals surface area contributed by atoms with Crippen molar-refractivity contribution in [2.24, 2.45) is 0 Å². The normalized spacial score (nSPS) is 16.6. The topological polar surface area (TPSA) is 104 Å². The second-order valence-corrected chi connectivity index (χ2v) is 9.99. The van der Waals surface area contributed by atoms with Crippen LogP contribution in [0.25, 0.3) is 22.4 Å². The summed E-state index contributed by atoms with van der Waals surface area (Å²) in [5, 5.41) is 19.8. The van der Waals surface area contributed by atoms with Gasteiger partial charge in [-0.25, -0.2) is 4.79 Å². The van der Waals surface area contributed by atoms with Crippen molar-refractivity contribution in [2.75, 3.05) is 5.32 Å². The first-order chi connectivity index (χ1) is 17.9. The van der Waals surface area contributed by atoms with Crippen LogP contribution in [-0.2, 0) is 20.5 Å². The van der Waals surface area contributed by atoms with E-state index in [1.165, 1.54) is 0 Å². The SMILES string of the molecule is Cc1[nH]nc(-c2ccc(-c3ccc(C4(C(=O)O)CC4)cc3)cc2)c1NC(=O)OC1(c2ccccc2)CC1. The number of carbonyl (C=O) groups is 2. The Balaban J connectivity index is 1.18. The summed E-state index contributed by atoms with van der Waals surface area (Å²) in [6.45, 7) is 1.86. The molecule has 1 amide bonds. The van der Waals surface area contributed by atoms with E-state index in [0.717, 1.165) is 46.4 Å². The van der Waals surface area contributed by atoms with Crippen molar-refractivity contribution < 1.29 is 19.4 Å². The quantitative estimate of drug-likeness (QED) is 0.276. The number of nitrogens with zero attached hydrogens (tertiary/aromatic N) is 1. The van der Waals surface area contributed by atoms with E-state index >= 15 is 0 Å². The average Bonchev–Trinajstić information content (AvgIpc) is 3.84. The lowest BCUT2D eigenvalue weighted by Gasteiger charge is -2.17. The van der Waals surface area contributed by atoms with Gasteiger partial charge in [0.2, 0.25) is 0 Å². The summed E-state index contributed by atoms with van der Waals surface area (Å²) >= 11 is 0. The van der Waals surface area contributed by atoms with E-state index in [0.29, 0.717) is 24.2 Å². The van der Waals surface area contributed by atoms with Crippen LogP contribution in [0.15, 0.2) is 78.9 Å². The summed E-state index contributed by atoms with van der Waals surface area (Å²) in [7, 11) is 0. The van der Waals surface area contributed by atoms with E-state index in [9.17, 15) is 14.7 Å². The van der Waals surface area contributed by atoms with Gasteiger partial charge in [-0.05, 0) is 54.9 Å². The Bertz CT molecular complexity index is 1470. The summed E-state index contributed by atoms with van der Waals surface area (Å²) in [6, 6.07) is 25.5. The van der Waals surface area contributed by atoms with Crippen LogP contribution in [0.2, 0.25) is 0 Å². The van der Waals surface area contributed by atoms with Crippen molar-refractivity contribution in [3.8, 4) is 22.4 Å². The number of hydrogen-bond acceptors (Lipinski definition) is 4. The highest BCUT2D eigenvalue weighted by Crippen LogP contribution is 2.50. The highest BCUT2D eigenvalue weighted by atomic mass is 16.6. The second kappa shape index (κ2) is 8.62. The molecule has 6 rings (SSSR count). The van der Waals surface area contributed by atoms with Crippen LogP contribution in [0.5, 0.6) is 0 Å². The molecule has 2 fully saturated rings. The first-order valence-electron chi connectivity index (χ1n) is 12.5. The summed E-state index contributed by atoms with van der Waals surface area (Å²) in [5.41, 5.74) is 5.45. The fraction of sp³-hybridized carbons (Fsp3) is 0.233. The minimum Gasteiger partial charge on any atom is -0.481 e. The maximum absolute atomic E-state index is 12.8. The Morgan fingerprint density at radius 2 is 1.43 bits per heavy atom. The van der Waals surface area contributed by atoms with Gasteiger partial charge in [0.05, 0.1) is 16.8 Å². The van der Waals surface area contributed by atoms with E-state index in [1.54, 1.807) is 0 Å². The van der Waals surface area contributed by atoms with Crippen molar-refractivity contribution in [2.45, 2.75) is 43.6 Å². The zero-order valence-electron chi connectivity index (χ0n) is 20.5. The average molecular weight is 494 g/mol. The van der Waals surface area contributed by atoms with Gasteiger partial charge < -0.3 is 9.84 Å². The van der Waals surface area contributed by atoms with Crippen LogP contribution in [0, 0.1) is 6.92 Å². The largest absolute Gasteiger partial charge is 0.481 e. The van der Waals surface area contributed by atoms with Crippen LogP contribution in [0.1, 0.15) is 42.5 Å². The molecule has 1 heterocycles. The molecule has 0 radical (unpaired) electrons. The molecule has 0 atom stereocenters. The number of ether oxygens (including phenoxy) is 1. The summed E-state index contributed by atoms with van der Waals surface area (Å²) in [6.07, 6.45) is 2.49. The molecule has 0 spiro atoms. The number of aliphatic carboxylic acids is 1. The third kappa shape index (κ3) is 4.16. The number of nitrogens with one attached hydrogen (secondary N) is 2. The summed E-state index contributed by atoms with van der Waals surface area (Å²) in [5.74, 6) is -0.750. The van der Waals surface area contributed by atoms with Gasteiger partial charge in [-0.1, -0.05) is 78.9 Å². The fourth-order valence-corrected chi connectivity index (χ4v) is 4.95. The Morgan fingerprint density at radius 1 is 0.838 bits per heavy atom. The number of carbonyl (C=O) groups excluding carboxylic acids is 1. The lowest BCUT2D eigenvalue weighted by Crippen LogP contribution is -2.22. The van der Waals surface area contributed by atoms with Crippen molar-refractivity contribution in [3.63, 3.8) is 0 Å². The third-order valence-corrected chi connectivity index (χ3v) is 7.55. The Hall–Kier alpha value is -4.39. The number of anilines is 1. The molecule has 3 aromatic carbocycles. The summed E-state index contributed by atoms with van der Waals surface area (Å²) < 4.78 is 5.86. The number of hydrogen-bond donors (Lipinski definition) is 3. The highest BCUT2D eigenvalue weighted by Gasteiger charge is 2.51. The summed E-state index contributed by atoms with van der Waals surface area (Å²) in [4.78, 5) is 24.4. The minimum atomic E-state index is -0.750. The number of benzene rings is 3. The molecular formula is C30H27N3O4. The third-order valence-electron chi connectivity index (χ3n) is 7.55. The van der Waals surface area contributed by atoms with Crippen molar-refractivity contribution >= 4 is 17.7 Å². The minimum absolute atomic E-state index is 0.501. The van der Waals surface area contributed by atoms with Crippen molar-refractivity contribution in [3.05, 3.63) is 95.7 Å². The van der Waals surface area contributed by atoms with Crippen LogP contribution in [-0.4, -0.2) is 27.4 Å². The fourth-order valence-electron chi connectivity index (χ4n) is 4.95. The highest BCUT2D eigenvalue weighted by molar-refractivity contribution is 5.92. The molecule has 1 aromatic heterocycles. The van der Waals surface area contributed by atoms with Gasteiger partial charge in [-0.3, -0.25) is 15.2 Å². The van der Waals surface area contributed by atoms with E-state index in [1.807, 2.05) is 85.8 Å². The number of aromatic amines is 1. The molecule has 0 unspecified atom stereocenters.